The van der Waals surface area contributed by atoms with Crippen LogP contribution in [-0.2, 0) is 11.2 Å². The summed E-state index contributed by atoms with van der Waals surface area (Å²) in [5.41, 5.74) is 8.03. The minimum absolute atomic E-state index is 0.0189. The Morgan fingerprint density at radius 3 is 2.48 bits per heavy atom. The molecule has 2 aromatic carbocycles. The number of aromatic nitrogens is 1. The van der Waals surface area contributed by atoms with Gasteiger partial charge in [-0.15, -0.1) is 0 Å². The maximum Gasteiger partial charge on any atom is 0.266 e. The van der Waals surface area contributed by atoms with Crippen molar-refractivity contribution < 1.29 is 4.79 Å². The van der Waals surface area contributed by atoms with E-state index >= 15 is 0 Å². The Kier molecular flexibility index (Phi) is 5.88. The summed E-state index contributed by atoms with van der Waals surface area (Å²) in [7, 11) is 1.78. The van der Waals surface area contributed by atoms with E-state index < -0.39 is 0 Å². The predicted molar refractivity (Wildman–Crippen MR) is 131 cm³/mol. The van der Waals surface area contributed by atoms with E-state index in [1.54, 1.807) is 11.9 Å². The maximum absolute atomic E-state index is 12.9. The van der Waals surface area contributed by atoms with Crippen LogP contribution in [0, 0.1) is 20.8 Å². The molecule has 158 valence electrons. The van der Waals surface area contributed by atoms with E-state index in [1.165, 1.54) is 28.6 Å². The van der Waals surface area contributed by atoms with Crippen LogP contribution in [0.1, 0.15) is 35.0 Å². The van der Waals surface area contributed by atoms with Crippen LogP contribution in [0.2, 0.25) is 0 Å². The van der Waals surface area contributed by atoms with Crippen LogP contribution >= 0.6 is 11.8 Å². The largest absolute Gasteiger partial charge is 0.317 e. The lowest BCUT2D eigenvalue weighted by Crippen LogP contribution is -2.23. The first-order valence-electron chi connectivity index (χ1n) is 10.5. The zero-order valence-electron chi connectivity index (χ0n) is 18.6. The fourth-order valence-electron chi connectivity index (χ4n) is 4.01. The SMILES string of the molecule is CCc1cccc(C)c1-n1c(C)cc(/C=C2\SC(=Nc3ccccc3)N(C)C2=O)c1C. The monoisotopic (exact) mass is 429 g/mol. The van der Waals surface area contributed by atoms with Gasteiger partial charge in [0.2, 0.25) is 0 Å². The molecule has 0 aliphatic carbocycles. The third kappa shape index (κ3) is 3.98. The topological polar surface area (TPSA) is 37.6 Å². The second-order valence-corrected chi connectivity index (χ2v) is 8.81. The molecular formula is C26H27N3OS. The number of amidine groups is 1. The summed E-state index contributed by atoms with van der Waals surface area (Å²) in [6.45, 7) is 8.59. The summed E-state index contributed by atoms with van der Waals surface area (Å²) in [5.74, 6) is -0.0189. The van der Waals surface area contributed by atoms with Crippen LogP contribution in [0.15, 0.2) is 64.5 Å². The maximum atomic E-state index is 12.9. The van der Waals surface area contributed by atoms with E-state index in [2.05, 4.69) is 61.5 Å². The van der Waals surface area contributed by atoms with Crippen molar-refractivity contribution >= 4 is 34.6 Å². The fraction of sp³-hybridized carbons (Fsp3) is 0.231. The second kappa shape index (κ2) is 8.60. The van der Waals surface area contributed by atoms with Gasteiger partial charge in [0, 0.05) is 18.4 Å². The van der Waals surface area contributed by atoms with E-state index in [1.807, 2.05) is 36.4 Å². The van der Waals surface area contributed by atoms with Gasteiger partial charge in [-0.2, -0.15) is 0 Å². The van der Waals surface area contributed by atoms with E-state index in [0.717, 1.165) is 29.1 Å². The Morgan fingerprint density at radius 1 is 1.03 bits per heavy atom. The number of aliphatic imine (C=N–C) groups is 1. The molecule has 5 heteroatoms. The number of nitrogens with zero attached hydrogens (tertiary/aromatic N) is 3. The van der Waals surface area contributed by atoms with Gasteiger partial charge < -0.3 is 4.57 Å². The Labute approximate surface area is 188 Å². The number of para-hydroxylation sites is 2. The molecule has 0 unspecified atom stereocenters. The number of aryl methyl sites for hydroxylation is 3. The molecule has 0 saturated carbocycles. The van der Waals surface area contributed by atoms with Gasteiger partial charge in [0.15, 0.2) is 5.17 Å². The van der Waals surface area contributed by atoms with Crippen molar-refractivity contribution in [3.05, 3.63) is 87.6 Å². The molecule has 1 saturated heterocycles. The highest BCUT2D eigenvalue weighted by Gasteiger charge is 2.30. The summed E-state index contributed by atoms with van der Waals surface area (Å²) in [6, 6.07) is 18.4. The molecule has 3 aromatic rings. The number of carbonyl (C=O) groups excluding carboxylic acids is 1. The van der Waals surface area contributed by atoms with Gasteiger partial charge in [-0.05, 0) is 79.9 Å². The lowest BCUT2D eigenvalue weighted by molar-refractivity contribution is -0.121. The number of hydrogen-bond acceptors (Lipinski definition) is 3. The van der Waals surface area contributed by atoms with Gasteiger partial charge in [-0.3, -0.25) is 9.69 Å². The smallest absolute Gasteiger partial charge is 0.266 e. The molecule has 0 radical (unpaired) electrons. The molecule has 0 spiro atoms. The van der Waals surface area contributed by atoms with Crippen molar-refractivity contribution in [1.82, 2.24) is 9.47 Å². The molecule has 4 nitrogen and oxygen atoms in total. The molecule has 31 heavy (non-hydrogen) atoms. The quantitative estimate of drug-likeness (QED) is 0.463. The lowest BCUT2D eigenvalue weighted by atomic mass is 10.1. The Balaban J connectivity index is 1.73. The normalized spacial score (nSPS) is 16.7. The first-order valence-corrected chi connectivity index (χ1v) is 11.3. The van der Waals surface area contributed by atoms with Crippen LogP contribution in [-0.4, -0.2) is 27.6 Å². The summed E-state index contributed by atoms with van der Waals surface area (Å²) >= 11 is 1.43. The van der Waals surface area contributed by atoms with E-state index in [9.17, 15) is 4.79 Å². The van der Waals surface area contributed by atoms with Crippen molar-refractivity contribution in [1.29, 1.82) is 0 Å². The van der Waals surface area contributed by atoms with E-state index in [-0.39, 0.29) is 5.91 Å². The van der Waals surface area contributed by atoms with Crippen LogP contribution in [0.4, 0.5) is 5.69 Å². The van der Waals surface area contributed by atoms with Crippen LogP contribution in [0.5, 0.6) is 0 Å². The summed E-state index contributed by atoms with van der Waals surface area (Å²) in [5, 5.41) is 0.698. The molecule has 1 aromatic heterocycles. The highest BCUT2D eigenvalue weighted by molar-refractivity contribution is 8.18. The third-order valence-corrected chi connectivity index (χ3v) is 6.73. The molecule has 1 amide bonds. The van der Waals surface area contributed by atoms with Gasteiger partial charge >= 0.3 is 0 Å². The molecule has 0 atom stereocenters. The highest BCUT2D eigenvalue weighted by atomic mass is 32.2. The second-order valence-electron chi connectivity index (χ2n) is 7.80. The number of amides is 1. The van der Waals surface area contributed by atoms with Gasteiger partial charge in [0.05, 0.1) is 16.3 Å². The lowest BCUT2D eigenvalue weighted by Gasteiger charge is -2.17. The predicted octanol–water partition coefficient (Wildman–Crippen LogP) is 6.20. The van der Waals surface area contributed by atoms with E-state index in [4.69, 9.17) is 0 Å². The average molecular weight is 430 g/mol. The van der Waals surface area contributed by atoms with Crippen molar-refractivity contribution in [3.8, 4) is 5.69 Å². The summed E-state index contributed by atoms with van der Waals surface area (Å²) in [6.07, 6.45) is 2.97. The fourth-order valence-corrected chi connectivity index (χ4v) is 4.99. The molecule has 4 rings (SSSR count). The minimum Gasteiger partial charge on any atom is -0.317 e. The van der Waals surface area contributed by atoms with Crippen LogP contribution < -0.4 is 0 Å². The Morgan fingerprint density at radius 2 is 1.77 bits per heavy atom. The highest BCUT2D eigenvalue weighted by Crippen LogP contribution is 2.35. The molecular weight excluding hydrogens is 402 g/mol. The molecule has 0 N–H and O–H groups in total. The molecule has 1 fully saturated rings. The van der Waals surface area contributed by atoms with E-state index in [0.29, 0.717) is 10.1 Å². The number of carbonyl (C=O) groups is 1. The zero-order chi connectivity index (χ0) is 22.1. The van der Waals surface area contributed by atoms with Crippen molar-refractivity contribution in [2.24, 2.45) is 4.99 Å². The Hall–Kier alpha value is -3.05. The number of benzene rings is 2. The summed E-state index contributed by atoms with van der Waals surface area (Å²) < 4.78 is 2.31. The first kappa shape index (κ1) is 21.2. The first-order chi connectivity index (χ1) is 14.9. The number of hydrogen-bond donors (Lipinski definition) is 0. The molecule has 1 aliphatic heterocycles. The number of rotatable bonds is 4. The zero-order valence-corrected chi connectivity index (χ0v) is 19.5. The molecule has 0 bridgehead atoms. The molecule has 2 heterocycles. The third-order valence-electron chi connectivity index (χ3n) is 5.67. The van der Waals surface area contributed by atoms with Gasteiger partial charge in [0.25, 0.3) is 5.91 Å². The minimum atomic E-state index is -0.0189. The Bertz CT molecular complexity index is 1200. The van der Waals surface area contributed by atoms with Gasteiger partial charge in [0.1, 0.15) is 0 Å². The van der Waals surface area contributed by atoms with Crippen LogP contribution in [0.25, 0.3) is 11.8 Å². The standard InChI is InChI=1S/C26H27N3OS/c1-6-20-12-10-11-17(2)24(20)29-18(3)15-21(19(29)4)16-23-25(30)28(5)26(31-23)27-22-13-8-7-9-14-22/h7-16H,6H2,1-5H3/b23-16-,27-26?. The average Bonchev–Trinajstić information content (AvgIpc) is 3.18. The van der Waals surface area contributed by atoms with Gasteiger partial charge in [-0.25, -0.2) is 4.99 Å². The van der Waals surface area contributed by atoms with Gasteiger partial charge in [-0.1, -0.05) is 43.3 Å². The number of likely N-dealkylation sites (N-methyl/N-ethyl adjacent to an activating group) is 1. The van der Waals surface area contributed by atoms with Crippen LogP contribution in [0.3, 0.4) is 0 Å². The summed E-state index contributed by atoms with van der Waals surface area (Å²) in [4.78, 5) is 19.9. The molecule has 1 aliphatic rings. The van der Waals surface area contributed by atoms with Crippen molar-refractivity contribution in [2.75, 3.05) is 7.05 Å². The van der Waals surface area contributed by atoms with Crippen molar-refractivity contribution in [3.63, 3.8) is 0 Å². The van der Waals surface area contributed by atoms with Crippen molar-refractivity contribution in [2.45, 2.75) is 34.1 Å². The number of thioether (sulfide) groups is 1.